The molecule has 0 unspecified atom stereocenters. The van der Waals surface area contributed by atoms with Crippen molar-refractivity contribution in [3.63, 3.8) is 0 Å². The number of nitrogens with one attached hydrogen (secondary N) is 2. The Morgan fingerprint density at radius 1 is 1.00 bits per heavy atom. The SMILES string of the molecule is CCC(=O)Nc1cccc(NC(=O)CSc2nc3cccnc3n2-c2ccc(F)cc2)c1. The zero-order valence-corrected chi connectivity index (χ0v) is 18.0. The van der Waals surface area contributed by atoms with Crippen molar-refractivity contribution >= 4 is 46.1 Å². The first-order valence-corrected chi connectivity index (χ1v) is 10.9. The minimum atomic E-state index is -0.336. The van der Waals surface area contributed by atoms with Gasteiger partial charge in [0.05, 0.1) is 5.75 Å². The Balaban J connectivity index is 1.50. The second-order valence-corrected chi connectivity index (χ2v) is 7.81. The molecule has 0 saturated heterocycles. The highest BCUT2D eigenvalue weighted by Crippen LogP contribution is 2.27. The number of pyridine rings is 1. The molecule has 32 heavy (non-hydrogen) atoms. The van der Waals surface area contributed by atoms with E-state index in [4.69, 9.17) is 0 Å². The molecule has 0 aliphatic carbocycles. The number of aromatic nitrogens is 3. The van der Waals surface area contributed by atoms with E-state index in [-0.39, 0.29) is 23.4 Å². The molecule has 0 aliphatic rings. The van der Waals surface area contributed by atoms with Gasteiger partial charge < -0.3 is 10.6 Å². The van der Waals surface area contributed by atoms with Crippen LogP contribution in [0, 0.1) is 5.82 Å². The molecule has 2 aromatic heterocycles. The van der Waals surface area contributed by atoms with Gasteiger partial charge in [0.15, 0.2) is 10.8 Å². The van der Waals surface area contributed by atoms with Gasteiger partial charge in [0.2, 0.25) is 11.8 Å². The highest BCUT2D eigenvalue weighted by atomic mass is 32.2. The molecular weight excluding hydrogens is 429 g/mol. The first kappa shape index (κ1) is 21.5. The topological polar surface area (TPSA) is 88.9 Å². The van der Waals surface area contributed by atoms with Crippen LogP contribution in [0.3, 0.4) is 0 Å². The fraction of sp³-hybridized carbons (Fsp3) is 0.130. The van der Waals surface area contributed by atoms with Gasteiger partial charge in [-0.15, -0.1) is 0 Å². The number of anilines is 2. The Morgan fingerprint density at radius 2 is 1.72 bits per heavy atom. The minimum Gasteiger partial charge on any atom is -0.326 e. The van der Waals surface area contributed by atoms with Crippen molar-refractivity contribution in [3.8, 4) is 5.69 Å². The highest BCUT2D eigenvalue weighted by Gasteiger charge is 2.16. The van der Waals surface area contributed by atoms with E-state index in [1.807, 2.05) is 6.07 Å². The van der Waals surface area contributed by atoms with Gasteiger partial charge >= 0.3 is 0 Å². The summed E-state index contributed by atoms with van der Waals surface area (Å²) >= 11 is 1.25. The first-order chi connectivity index (χ1) is 15.5. The average molecular weight is 450 g/mol. The Bertz CT molecular complexity index is 1270. The average Bonchev–Trinajstić information content (AvgIpc) is 3.17. The molecule has 2 N–H and O–H groups in total. The van der Waals surface area contributed by atoms with E-state index in [9.17, 15) is 14.0 Å². The lowest BCUT2D eigenvalue weighted by molar-refractivity contribution is -0.116. The predicted molar refractivity (Wildman–Crippen MR) is 124 cm³/mol. The number of imidazole rings is 1. The molecular formula is C23H20FN5O2S. The van der Waals surface area contributed by atoms with E-state index >= 15 is 0 Å². The van der Waals surface area contributed by atoms with Crippen LogP contribution in [0.25, 0.3) is 16.9 Å². The molecule has 2 aromatic carbocycles. The lowest BCUT2D eigenvalue weighted by Crippen LogP contribution is -2.15. The first-order valence-electron chi connectivity index (χ1n) is 9.95. The quantitative estimate of drug-likeness (QED) is 0.401. The number of hydrogen-bond acceptors (Lipinski definition) is 5. The lowest BCUT2D eigenvalue weighted by Gasteiger charge is -2.10. The van der Waals surface area contributed by atoms with Crippen LogP contribution in [0.5, 0.6) is 0 Å². The summed E-state index contributed by atoms with van der Waals surface area (Å²) in [6.07, 6.45) is 2.03. The molecule has 0 fully saturated rings. The molecule has 0 bridgehead atoms. The van der Waals surface area contributed by atoms with Crippen molar-refractivity contribution in [2.24, 2.45) is 0 Å². The van der Waals surface area contributed by atoms with Gasteiger partial charge in [0.25, 0.3) is 0 Å². The van der Waals surface area contributed by atoms with Gasteiger partial charge in [-0.3, -0.25) is 14.2 Å². The minimum absolute atomic E-state index is 0.0997. The molecule has 0 radical (unpaired) electrons. The number of amides is 2. The van der Waals surface area contributed by atoms with Crippen LogP contribution in [0.2, 0.25) is 0 Å². The molecule has 0 spiro atoms. The Hall–Kier alpha value is -3.72. The van der Waals surface area contributed by atoms with E-state index in [0.29, 0.717) is 39.8 Å². The summed E-state index contributed by atoms with van der Waals surface area (Å²) in [6.45, 7) is 1.77. The standard InChI is InChI=1S/C23H20FN5O2S/c1-2-20(30)26-16-5-3-6-17(13-16)27-21(31)14-32-23-28-19-7-4-12-25-22(19)29(23)18-10-8-15(24)9-11-18/h3-13H,2,14H2,1H3,(H,26,30)(H,27,31). The molecule has 162 valence electrons. The van der Waals surface area contributed by atoms with E-state index in [1.165, 1.54) is 23.9 Å². The third-order valence-electron chi connectivity index (χ3n) is 4.55. The van der Waals surface area contributed by atoms with Crippen LogP contribution in [0.1, 0.15) is 13.3 Å². The normalized spacial score (nSPS) is 10.8. The summed E-state index contributed by atoms with van der Waals surface area (Å²) < 4.78 is 15.2. The van der Waals surface area contributed by atoms with Crippen molar-refractivity contribution in [2.75, 3.05) is 16.4 Å². The molecule has 7 nitrogen and oxygen atoms in total. The molecule has 9 heteroatoms. The smallest absolute Gasteiger partial charge is 0.234 e. The van der Waals surface area contributed by atoms with E-state index < -0.39 is 0 Å². The van der Waals surface area contributed by atoms with Crippen LogP contribution < -0.4 is 10.6 Å². The summed E-state index contributed by atoms with van der Waals surface area (Å²) in [5.41, 5.74) is 3.21. The number of fused-ring (bicyclic) bond motifs is 1. The van der Waals surface area contributed by atoms with Crippen LogP contribution in [0.15, 0.2) is 72.0 Å². The second kappa shape index (κ2) is 9.61. The Kier molecular flexibility index (Phi) is 6.46. The summed E-state index contributed by atoms with van der Waals surface area (Å²) in [4.78, 5) is 33.1. The zero-order valence-electron chi connectivity index (χ0n) is 17.2. The lowest BCUT2D eigenvalue weighted by atomic mass is 10.2. The number of benzene rings is 2. The molecule has 0 aliphatic heterocycles. The van der Waals surface area contributed by atoms with Gasteiger partial charge in [-0.25, -0.2) is 14.4 Å². The molecule has 0 saturated carbocycles. The van der Waals surface area contributed by atoms with E-state index in [2.05, 4.69) is 20.6 Å². The van der Waals surface area contributed by atoms with E-state index in [0.717, 1.165) is 0 Å². The number of thioether (sulfide) groups is 1. The fourth-order valence-electron chi connectivity index (χ4n) is 3.06. The van der Waals surface area contributed by atoms with Crippen LogP contribution in [-0.2, 0) is 9.59 Å². The number of hydrogen-bond donors (Lipinski definition) is 2. The largest absolute Gasteiger partial charge is 0.326 e. The van der Waals surface area contributed by atoms with Crippen LogP contribution >= 0.6 is 11.8 Å². The predicted octanol–water partition coefficient (Wildman–Crippen LogP) is 4.64. The second-order valence-electron chi connectivity index (χ2n) is 6.87. The Morgan fingerprint density at radius 3 is 2.44 bits per heavy atom. The monoisotopic (exact) mass is 449 g/mol. The number of rotatable bonds is 7. The van der Waals surface area contributed by atoms with E-state index in [1.54, 1.807) is 60.2 Å². The van der Waals surface area contributed by atoms with Crippen LogP contribution in [-0.4, -0.2) is 32.1 Å². The van der Waals surface area contributed by atoms with Crippen molar-refractivity contribution in [1.29, 1.82) is 0 Å². The third kappa shape index (κ3) is 4.94. The van der Waals surface area contributed by atoms with Gasteiger partial charge in [-0.1, -0.05) is 24.8 Å². The molecule has 2 amide bonds. The number of halogens is 1. The Labute approximate surface area is 188 Å². The zero-order chi connectivity index (χ0) is 22.5. The van der Waals surface area contributed by atoms with Gasteiger partial charge in [-0.2, -0.15) is 0 Å². The van der Waals surface area contributed by atoms with Gasteiger partial charge in [0.1, 0.15) is 11.3 Å². The third-order valence-corrected chi connectivity index (χ3v) is 5.49. The van der Waals surface area contributed by atoms with Gasteiger partial charge in [-0.05, 0) is 54.6 Å². The van der Waals surface area contributed by atoms with Gasteiger partial charge in [0, 0.05) is 29.7 Å². The fourth-order valence-corrected chi connectivity index (χ4v) is 3.88. The summed E-state index contributed by atoms with van der Waals surface area (Å²) in [5.74, 6) is -0.551. The number of carbonyl (C=O) groups is 2. The summed E-state index contributed by atoms with van der Waals surface area (Å²) in [5, 5.41) is 6.17. The number of carbonyl (C=O) groups excluding carboxylic acids is 2. The van der Waals surface area contributed by atoms with Crippen LogP contribution in [0.4, 0.5) is 15.8 Å². The van der Waals surface area contributed by atoms with Crippen molar-refractivity contribution in [1.82, 2.24) is 14.5 Å². The molecule has 0 atom stereocenters. The maximum absolute atomic E-state index is 13.4. The van der Waals surface area contributed by atoms with Crippen molar-refractivity contribution in [2.45, 2.75) is 18.5 Å². The maximum atomic E-state index is 13.4. The molecule has 2 heterocycles. The molecule has 4 rings (SSSR count). The highest BCUT2D eigenvalue weighted by molar-refractivity contribution is 7.99. The number of nitrogens with zero attached hydrogens (tertiary/aromatic N) is 3. The molecule has 4 aromatic rings. The van der Waals surface area contributed by atoms with Crippen molar-refractivity contribution < 1.29 is 14.0 Å². The maximum Gasteiger partial charge on any atom is 0.234 e. The summed E-state index contributed by atoms with van der Waals surface area (Å²) in [7, 11) is 0. The summed E-state index contributed by atoms with van der Waals surface area (Å²) in [6, 6.07) is 16.6. The van der Waals surface area contributed by atoms with Crippen molar-refractivity contribution in [3.05, 3.63) is 72.7 Å².